The van der Waals surface area contributed by atoms with Crippen LogP contribution in [0.25, 0.3) is 131 Å². The number of fused-ring (bicyclic) bond motifs is 12. The van der Waals surface area contributed by atoms with Crippen LogP contribution >= 0.6 is 0 Å². The Hall–Kier alpha value is -6.76. The monoisotopic (exact) mass is 732 g/mol. The smallest absolute Gasteiger partial charge is 0.0153 e. The van der Waals surface area contributed by atoms with Gasteiger partial charge in [0.15, 0.2) is 0 Å². The van der Waals surface area contributed by atoms with E-state index in [9.17, 15) is 0 Å². The Labute approximate surface area is 335 Å². The summed E-state index contributed by atoms with van der Waals surface area (Å²) in [6.45, 7) is 9.90. The van der Waals surface area contributed by atoms with Crippen LogP contribution in [0.3, 0.4) is 0 Å². The van der Waals surface area contributed by atoms with E-state index in [1.165, 1.54) is 153 Å². The van der Waals surface area contributed by atoms with Gasteiger partial charge in [-0.25, -0.2) is 0 Å². The zero-order chi connectivity index (χ0) is 38.1. The average molecular weight is 733 g/mol. The molecule has 15 rings (SSSR count). The van der Waals surface area contributed by atoms with E-state index in [1.54, 1.807) is 0 Å². The van der Waals surface area contributed by atoms with Crippen LogP contribution in [-0.4, -0.2) is 0 Å². The molecule has 12 aromatic rings. The predicted octanol–water partition coefficient (Wildman–Crippen LogP) is 16.0. The molecule has 0 spiro atoms. The van der Waals surface area contributed by atoms with E-state index in [0.29, 0.717) is 0 Å². The van der Waals surface area contributed by atoms with Gasteiger partial charge in [0.05, 0.1) is 0 Å². The molecule has 0 unspecified atom stereocenters. The molecular formula is C58H36. The van der Waals surface area contributed by atoms with E-state index in [0.717, 1.165) is 0 Å². The fourth-order valence-corrected chi connectivity index (χ4v) is 12.8. The Morgan fingerprint density at radius 3 is 0.776 bits per heavy atom. The highest BCUT2D eigenvalue weighted by atomic mass is 14.5. The zero-order valence-electron chi connectivity index (χ0n) is 32.9. The van der Waals surface area contributed by atoms with Gasteiger partial charge >= 0.3 is 0 Å². The van der Waals surface area contributed by atoms with Crippen LogP contribution in [0.4, 0.5) is 0 Å². The molecule has 0 saturated heterocycles. The summed E-state index contributed by atoms with van der Waals surface area (Å²) >= 11 is 0. The molecule has 3 aliphatic carbocycles. The lowest BCUT2D eigenvalue weighted by atomic mass is 9.59. The molecule has 0 aliphatic heterocycles. The Bertz CT molecular complexity index is 3450. The van der Waals surface area contributed by atoms with Gasteiger partial charge in [-0.15, -0.1) is 0 Å². The van der Waals surface area contributed by atoms with Gasteiger partial charge in [-0.2, -0.15) is 0 Å². The molecule has 0 heteroatoms. The summed E-state index contributed by atoms with van der Waals surface area (Å²) in [5.74, 6) is 0. The van der Waals surface area contributed by atoms with Crippen molar-refractivity contribution in [2.24, 2.45) is 0 Å². The second kappa shape index (κ2) is 9.50. The third-order valence-corrected chi connectivity index (χ3v) is 15.5. The maximum absolute atomic E-state index is 2.59. The first-order chi connectivity index (χ1) is 28.3. The van der Waals surface area contributed by atoms with Gasteiger partial charge in [0.2, 0.25) is 0 Å². The van der Waals surface area contributed by atoms with E-state index in [4.69, 9.17) is 0 Å². The minimum Gasteiger partial charge on any atom is -0.0610 e. The summed E-state index contributed by atoms with van der Waals surface area (Å²) < 4.78 is 0. The van der Waals surface area contributed by atoms with Gasteiger partial charge in [-0.3, -0.25) is 0 Å². The topological polar surface area (TPSA) is 0 Å². The van der Waals surface area contributed by atoms with Gasteiger partial charge in [0.1, 0.15) is 0 Å². The van der Waals surface area contributed by atoms with Gasteiger partial charge in [-0.05, 0) is 177 Å². The van der Waals surface area contributed by atoms with Gasteiger partial charge < -0.3 is 0 Å². The van der Waals surface area contributed by atoms with E-state index >= 15 is 0 Å². The summed E-state index contributed by atoms with van der Waals surface area (Å²) in [7, 11) is 0. The van der Waals surface area contributed by atoms with Crippen LogP contribution in [0.2, 0.25) is 0 Å². The molecule has 58 heavy (non-hydrogen) atoms. The number of hydrogen-bond acceptors (Lipinski definition) is 0. The fourth-order valence-electron chi connectivity index (χ4n) is 12.8. The summed E-state index contributed by atoms with van der Waals surface area (Å²) in [4.78, 5) is 0. The van der Waals surface area contributed by atoms with E-state index < -0.39 is 0 Å². The van der Waals surface area contributed by atoms with Crippen LogP contribution in [0.1, 0.15) is 49.9 Å². The molecule has 0 saturated carbocycles. The lowest BCUT2D eigenvalue weighted by molar-refractivity contribution is 0.521. The maximum Gasteiger partial charge on any atom is 0.0153 e. The van der Waals surface area contributed by atoms with Crippen molar-refractivity contribution in [1.29, 1.82) is 0 Å². The van der Waals surface area contributed by atoms with Crippen molar-refractivity contribution in [3.63, 3.8) is 0 Å². The molecular weight excluding hydrogens is 697 g/mol. The quantitative estimate of drug-likeness (QED) is 0.108. The third kappa shape index (κ3) is 3.20. The molecule has 0 bridgehead atoms. The largest absolute Gasteiger partial charge is 0.0610 e. The molecule has 0 N–H and O–H groups in total. The number of benzene rings is 12. The summed E-state index contributed by atoms with van der Waals surface area (Å²) in [6, 6.07) is 56.9. The van der Waals surface area contributed by atoms with Crippen molar-refractivity contribution in [1.82, 2.24) is 0 Å². The minimum atomic E-state index is -0.192. The van der Waals surface area contributed by atoms with Crippen LogP contribution in [0, 0.1) is 0 Å². The first-order valence-corrected chi connectivity index (χ1v) is 20.9. The zero-order valence-corrected chi connectivity index (χ0v) is 32.9. The Morgan fingerprint density at radius 1 is 0.241 bits per heavy atom. The molecule has 0 radical (unpaired) electrons. The Morgan fingerprint density at radius 2 is 0.500 bits per heavy atom. The lowest BCUT2D eigenvalue weighted by Gasteiger charge is -2.44. The Balaban J connectivity index is 0.971. The molecule has 0 aromatic heterocycles. The second-order valence-corrected chi connectivity index (χ2v) is 18.7. The molecule has 0 amide bonds. The predicted molar refractivity (Wildman–Crippen MR) is 248 cm³/mol. The fraction of sp³-hybridized carbons (Fsp3) is 0.103. The number of rotatable bonds is 0. The van der Waals surface area contributed by atoms with Crippen molar-refractivity contribution in [2.75, 3.05) is 0 Å². The standard InChI is InChI=1S/C58H36/c1-57(2)47-25-43-39-21-17-35-31-13-5-9-29-11-7-15-33(51(29)31)37-19-23-41(55(39)53(35)37)45(43)27-49(47)58(3,4)50-28-46-42-24-20-38-34-16-8-12-30-10-6-14-32(52(30)34)36-18-22-40(56(42)54(36)38)44(46)26-48(50)57/h5-28H,1-4H3. The van der Waals surface area contributed by atoms with Crippen LogP contribution in [-0.2, 0) is 10.8 Å². The van der Waals surface area contributed by atoms with E-state index in [-0.39, 0.29) is 10.8 Å². The van der Waals surface area contributed by atoms with E-state index in [1.807, 2.05) is 0 Å². The summed E-state index contributed by atoms with van der Waals surface area (Å²) in [5, 5.41) is 21.9. The van der Waals surface area contributed by atoms with Gasteiger partial charge in [-0.1, -0.05) is 149 Å². The molecule has 3 aliphatic rings. The van der Waals surface area contributed by atoms with Crippen molar-refractivity contribution in [3.8, 4) is 44.5 Å². The molecule has 268 valence electrons. The molecule has 0 heterocycles. The van der Waals surface area contributed by atoms with Crippen LogP contribution < -0.4 is 0 Å². The third-order valence-electron chi connectivity index (χ3n) is 15.5. The minimum absolute atomic E-state index is 0.192. The Kier molecular flexibility index (Phi) is 4.98. The molecule has 0 nitrogen and oxygen atoms in total. The highest BCUT2D eigenvalue weighted by Gasteiger charge is 2.44. The maximum atomic E-state index is 2.59. The van der Waals surface area contributed by atoms with Crippen LogP contribution in [0.5, 0.6) is 0 Å². The SMILES string of the molecule is CC1(C)c2cc3c(cc2C(C)(C)c2cc4c(cc21)-c1ccc2c5cccc6cccc(c7ccc-4c1c27)c65)-c1ccc2c4cccc5cccc(c6ccc-3c1c62)c54. The summed E-state index contributed by atoms with van der Waals surface area (Å²) in [5.41, 5.74) is 16.4. The molecule has 0 atom stereocenters. The first-order valence-electron chi connectivity index (χ1n) is 20.9. The number of hydrogen-bond donors (Lipinski definition) is 0. The average Bonchev–Trinajstić information content (AvgIpc) is 3.75. The summed E-state index contributed by atoms with van der Waals surface area (Å²) in [6.07, 6.45) is 0. The first kappa shape index (κ1) is 30.4. The van der Waals surface area contributed by atoms with Gasteiger partial charge in [0.25, 0.3) is 0 Å². The van der Waals surface area contributed by atoms with E-state index in [2.05, 4.69) is 173 Å². The molecule has 0 fully saturated rings. The normalized spacial score (nSPS) is 15.5. The highest BCUT2D eigenvalue weighted by molar-refractivity contribution is 6.38. The van der Waals surface area contributed by atoms with Gasteiger partial charge in [0, 0.05) is 10.8 Å². The highest BCUT2D eigenvalue weighted by Crippen LogP contribution is 2.60. The second-order valence-electron chi connectivity index (χ2n) is 18.7. The van der Waals surface area contributed by atoms with Crippen LogP contribution in [0.15, 0.2) is 146 Å². The van der Waals surface area contributed by atoms with Crippen molar-refractivity contribution in [2.45, 2.75) is 38.5 Å². The van der Waals surface area contributed by atoms with Crippen molar-refractivity contribution in [3.05, 3.63) is 168 Å². The van der Waals surface area contributed by atoms with Crippen molar-refractivity contribution < 1.29 is 0 Å². The molecule has 12 aromatic carbocycles. The lowest BCUT2D eigenvalue weighted by Crippen LogP contribution is -2.36. The van der Waals surface area contributed by atoms with Crippen molar-refractivity contribution >= 4 is 86.2 Å².